The summed E-state index contributed by atoms with van der Waals surface area (Å²) < 4.78 is 23.9. The van der Waals surface area contributed by atoms with Crippen LogP contribution in [0.1, 0.15) is 42.9 Å². The Morgan fingerprint density at radius 2 is 1.73 bits per heavy atom. The molecule has 5 nitrogen and oxygen atoms in total. The molecule has 1 heterocycles. The maximum Gasteiger partial charge on any atom is 0.231 e. The lowest BCUT2D eigenvalue weighted by Crippen LogP contribution is -2.41. The van der Waals surface area contributed by atoms with Crippen molar-refractivity contribution in [3.63, 3.8) is 0 Å². The van der Waals surface area contributed by atoms with Crippen LogP contribution in [0.15, 0.2) is 59.5 Å². The van der Waals surface area contributed by atoms with Gasteiger partial charge in [0, 0.05) is 12.8 Å². The van der Waals surface area contributed by atoms with E-state index in [2.05, 4.69) is 22.3 Å². The third-order valence-corrected chi connectivity index (χ3v) is 7.26. The summed E-state index contributed by atoms with van der Waals surface area (Å²) in [5, 5.41) is 3.29. The fourth-order valence-electron chi connectivity index (χ4n) is 4.24. The highest BCUT2D eigenvalue weighted by Gasteiger charge is 2.52. The predicted molar refractivity (Wildman–Crippen MR) is 121 cm³/mol. The van der Waals surface area contributed by atoms with Crippen LogP contribution in [0.25, 0.3) is 0 Å². The standard InChI is InChI=1S/C23H28N2O3S.ClH/c1-29(27,28)20-11-7-10-19(16-20)23(12-13-23)22(26)24-21(17-25-14-5-6-15-25)18-8-3-2-4-9-18;/h2-4,7-11,16,21H,5-6,12-15,17H2,1H3,(H,24,26);1H. The first-order chi connectivity index (χ1) is 13.9. The number of rotatable bonds is 7. The third-order valence-electron chi connectivity index (χ3n) is 6.15. The van der Waals surface area contributed by atoms with Crippen LogP contribution in [0.5, 0.6) is 0 Å². The molecular weight excluding hydrogens is 420 g/mol. The van der Waals surface area contributed by atoms with Gasteiger partial charge in [0.1, 0.15) is 0 Å². The molecule has 2 fully saturated rings. The van der Waals surface area contributed by atoms with Gasteiger partial charge in [-0.25, -0.2) is 8.42 Å². The van der Waals surface area contributed by atoms with Crippen LogP contribution in [-0.4, -0.2) is 45.1 Å². The topological polar surface area (TPSA) is 66.5 Å². The average Bonchev–Trinajstić information content (AvgIpc) is 3.38. The highest BCUT2D eigenvalue weighted by atomic mass is 35.5. The van der Waals surface area contributed by atoms with Gasteiger partial charge in [0.05, 0.1) is 16.4 Å². The second-order valence-corrected chi connectivity index (χ2v) is 10.3. The Hall–Kier alpha value is -1.89. The molecule has 7 heteroatoms. The number of nitrogens with one attached hydrogen (secondary N) is 1. The molecule has 162 valence electrons. The molecule has 1 atom stereocenters. The first kappa shape index (κ1) is 22.8. The number of likely N-dealkylation sites (tertiary alicyclic amines) is 1. The van der Waals surface area contributed by atoms with Gasteiger partial charge in [0.15, 0.2) is 9.84 Å². The van der Waals surface area contributed by atoms with Gasteiger partial charge in [-0.3, -0.25) is 4.79 Å². The van der Waals surface area contributed by atoms with Crippen molar-refractivity contribution in [1.29, 1.82) is 0 Å². The lowest BCUT2D eigenvalue weighted by atomic mass is 9.94. The lowest BCUT2D eigenvalue weighted by Gasteiger charge is -2.27. The van der Waals surface area contributed by atoms with E-state index in [0.717, 1.165) is 43.6 Å². The summed E-state index contributed by atoms with van der Waals surface area (Å²) in [5.74, 6) is -0.00352. The van der Waals surface area contributed by atoms with Crippen molar-refractivity contribution >= 4 is 28.2 Å². The Morgan fingerprint density at radius 1 is 1.07 bits per heavy atom. The molecule has 0 radical (unpaired) electrons. The summed E-state index contributed by atoms with van der Waals surface area (Å²) in [5.41, 5.74) is 1.29. The Bertz CT molecular complexity index is 985. The molecule has 1 amide bonds. The van der Waals surface area contributed by atoms with Crippen molar-refractivity contribution in [2.24, 2.45) is 0 Å². The van der Waals surface area contributed by atoms with Crippen molar-refractivity contribution < 1.29 is 13.2 Å². The maximum atomic E-state index is 13.4. The number of amides is 1. The Labute approximate surface area is 185 Å². The lowest BCUT2D eigenvalue weighted by molar-refractivity contribution is -0.124. The van der Waals surface area contributed by atoms with Crippen molar-refractivity contribution in [3.8, 4) is 0 Å². The molecule has 2 aromatic carbocycles. The van der Waals surface area contributed by atoms with Crippen LogP contribution in [0, 0.1) is 0 Å². The normalized spacial score (nSPS) is 19.0. The van der Waals surface area contributed by atoms with Crippen LogP contribution < -0.4 is 5.32 Å². The first-order valence-electron chi connectivity index (χ1n) is 10.3. The number of benzene rings is 2. The molecule has 1 saturated carbocycles. The molecule has 1 aliphatic heterocycles. The zero-order valence-corrected chi connectivity index (χ0v) is 18.8. The van der Waals surface area contributed by atoms with Gasteiger partial charge in [0.25, 0.3) is 0 Å². The monoisotopic (exact) mass is 448 g/mol. The second-order valence-electron chi connectivity index (χ2n) is 8.33. The molecule has 2 aliphatic rings. The van der Waals surface area contributed by atoms with E-state index in [1.54, 1.807) is 18.2 Å². The Morgan fingerprint density at radius 3 is 2.33 bits per heavy atom. The smallest absolute Gasteiger partial charge is 0.231 e. The molecule has 2 aromatic rings. The first-order valence-corrected chi connectivity index (χ1v) is 12.2. The van der Waals surface area contributed by atoms with Crippen molar-refractivity contribution in [2.75, 3.05) is 25.9 Å². The second kappa shape index (κ2) is 9.08. The van der Waals surface area contributed by atoms with Crippen LogP contribution in [0.4, 0.5) is 0 Å². The van der Waals surface area contributed by atoms with Gasteiger partial charge in [0.2, 0.25) is 5.91 Å². The summed E-state index contributed by atoms with van der Waals surface area (Å²) in [4.78, 5) is 16.0. The van der Waals surface area contributed by atoms with Gasteiger partial charge in [-0.05, 0) is 62.0 Å². The molecule has 1 aliphatic carbocycles. The third kappa shape index (κ3) is 4.88. The van der Waals surface area contributed by atoms with Crippen molar-refractivity contribution in [3.05, 3.63) is 65.7 Å². The highest BCUT2D eigenvalue weighted by molar-refractivity contribution is 7.90. The van der Waals surface area contributed by atoms with Gasteiger partial charge in [-0.2, -0.15) is 0 Å². The number of nitrogens with zero attached hydrogens (tertiary/aromatic N) is 1. The number of carbonyl (C=O) groups is 1. The summed E-state index contributed by atoms with van der Waals surface area (Å²) in [6.45, 7) is 2.94. The Kier molecular flexibility index (Phi) is 6.90. The molecule has 0 spiro atoms. The average molecular weight is 449 g/mol. The molecule has 1 saturated heterocycles. The molecule has 30 heavy (non-hydrogen) atoms. The maximum absolute atomic E-state index is 13.4. The minimum absolute atomic E-state index is 0. The van der Waals surface area contributed by atoms with E-state index in [9.17, 15) is 13.2 Å². The van der Waals surface area contributed by atoms with Gasteiger partial charge >= 0.3 is 0 Å². The van der Waals surface area contributed by atoms with Crippen LogP contribution in [0.3, 0.4) is 0 Å². The molecule has 0 aromatic heterocycles. The van der Waals surface area contributed by atoms with E-state index in [1.807, 2.05) is 24.3 Å². The molecule has 1 unspecified atom stereocenters. The minimum atomic E-state index is -3.30. The largest absolute Gasteiger partial charge is 0.347 e. The van der Waals surface area contributed by atoms with E-state index in [1.165, 1.54) is 19.1 Å². The van der Waals surface area contributed by atoms with E-state index in [-0.39, 0.29) is 29.3 Å². The summed E-state index contributed by atoms with van der Waals surface area (Å²) >= 11 is 0. The van der Waals surface area contributed by atoms with Crippen LogP contribution >= 0.6 is 12.4 Å². The quantitative estimate of drug-likeness (QED) is 0.704. The molecule has 0 bridgehead atoms. The van der Waals surface area contributed by atoms with E-state index < -0.39 is 15.3 Å². The minimum Gasteiger partial charge on any atom is -0.347 e. The summed E-state index contributed by atoms with van der Waals surface area (Å²) in [6.07, 6.45) is 5.11. The summed E-state index contributed by atoms with van der Waals surface area (Å²) in [7, 11) is -3.30. The number of sulfone groups is 1. The number of carbonyl (C=O) groups excluding carboxylic acids is 1. The number of hydrogen-bond donors (Lipinski definition) is 1. The Balaban J connectivity index is 0.00000256. The van der Waals surface area contributed by atoms with E-state index >= 15 is 0 Å². The SMILES string of the molecule is CS(=O)(=O)c1cccc(C2(C(=O)NC(CN3CCCC3)c3ccccc3)CC2)c1.Cl. The predicted octanol–water partition coefficient (Wildman–Crippen LogP) is 3.50. The molecule has 4 rings (SSSR count). The zero-order chi connectivity index (χ0) is 20.5. The van der Waals surface area contributed by atoms with E-state index in [4.69, 9.17) is 0 Å². The number of halogens is 1. The summed E-state index contributed by atoms with van der Waals surface area (Å²) in [6, 6.07) is 16.9. The van der Waals surface area contributed by atoms with Gasteiger partial charge in [-0.1, -0.05) is 42.5 Å². The van der Waals surface area contributed by atoms with Crippen molar-refractivity contribution in [2.45, 2.75) is 42.0 Å². The highest BCUT2D eigenvalue weighted by Crippen LogP contribution is 2.49. The van der Waals surface area contributed by atoms with Crippen molar-refractivity contribution in [1.82, 2.24) is 10.2 Å². The van der Waals surface area contributed by atoms with Gasteiger partial charge < -0.3 is 10.2 Å². The number of hydrogen-bond acceptors (Lipinski definition) is 4. The fraction of sp³-hybridized carbons (Fsp3) is 0.435. The van der Waals surface area contributed by atoms with Gasteiger partial charge in [-0.15, -0.1) is 12.4 Å². The van der Waals surface area contributed by atoms with Crippen LogP contribution in [-0.2, 0) is 20.0 Å². The molecule has 1 N–H and O–H groups in total. The fourth-order valence-corrected chi connectivity index (χ4v) is 4.90. The van der Waals surface area contributed by atoms with E-state index in [0.29, 0.717) is 0 Å². The molecular formula is C23H29ClN2O3S. The van der Waals surface area contributed by atoms with Crippen LogP contribution in [0.2, 0.25) is 0 Å². The zero-order valence-electron chi connectivity index (χ0n) is 17.2.